The summed E-state index contributed by atoms with van der Waals surface area (Å²) in [5.41, 5.74) is 2.32. The van der Waals surface area contributed by atoms with Gasteiger partial charge < -0.3 is 14.9 Å². The normalized spacial score (nSPS) is 16.4. The second kappa shape index (κ2) is 7.60. The molecule has 23 heavy (non-hydrogen) atoms. The molecule has 1 aliphatic rings. The van der Waals surface area contributed by atoms with Crippen LogP contribution in [0.1, 0.15) is 19.3 Å². The Morgan fingerprint density at radius 2 is 2.09 bits per heavy atom. The van der Waals surface area contributed by atoms with Crippen molar-refractivity contribution in [3.63, 3.8) is 0 Å². The second-order valence-corrected chi connectivity index (χ2v) is 7.10. The lowest BCUT2D eigenvalue weighted by atomic mass is 10.0. The molecule has 1 fully saturated rings. The van der Waals surface area contributed by atoms with Gasteiger partial charge in [0.05, 0.1) is 5.52 Å². The molecule has 0 saturated carbocycles. The van der Waals surface area contributed by atoms with Crippen LogP contribution in [0.2, 0.25) is 0 Å². The first-order chi connectivity index (χ1) is 11.2. The number of aliphatic hydroxyl groups excluding tert-OH is 1. The molecule has 124 valence electrons. The van der Waals surface area contributed by atoms with Crippen LogP contribution in [-0.2, 0) is 0 Å². The molecule has 1 N–H and O–H groups in total. The van der Waals surface area contributed by atoms with Gasteiger partial charge in [-0.2, -0.15) is 0 Å². The van der Waals surface area contributed by atoms with Crippen LogP contribution in [0, 0.1) is 0 Å². The lowest BCUT2D eigenvalue weighted by Gasteiger charge is -2.38. The van der Waals surface area contributed by atoms with E-state index in [2.05, 4.69) is 56.0 Å². The lowest BCUT2D eigenvalue weighted by Crippen LogP contribution is -2.43. The Hall–Kier alpha value is -1.17. The molecule has 2 aromatic rings. The summed E-state index contributed by atoms with van der Waals surface area (Å²) in [4.78, 5) is 9.38. The van der Waals surface area contributed by atoms with Crippen molar-refractivity contribution in [2.45, 2.75) is 25.3 Å². The minimum atomic E-state index is 0.279. The number of rotatable bonds is 5. The van der Waals surface area contributed by atoms with Crippen LogP contribution in [0.3, 0.4) is 0 Å². The predicted molar refractivity (Wildman–Crippen MR) is 99.0 cm³/mol. The van der Waals surface area contributed by atoms with Gasteiger partial charge in [-0.05, 0) is 54.4 Å². The maximum atomic E-state index is 8.98. The number of nitrogens with zero attached hydrogens (tertiary/aromatic N) is 3. The van der Waals surface area contributed by atoms with Crippen LogP contribution < -0.4 is 4.90 Å². The number of pyridine rings is 1. The van der Waals surface area contributed by atoms with Gasteiger partial charge in [0, 0.05) is 54.0 Å². The molecule has 2 heterocycles. The number of hydrogen-bond acceptors (Lipinski definition) is 4. The Morgan fingerprint density at radius 3 is 2.83 bits per heavy atom. The zero-order chi connectivity index (χ0) is 16.2. The van der Waals surface area contributed by atoms with Crippen LogP contribution in [0.15, 0.2) is 34.9 Å². The summed E-state index contributed by atoms with van der Waals surface area (Å²) in [6.45, 7) is 3.40. The van der Waals surface area contributed by atoms with E-state index in [0.29, 0.717) is 6.04 Å². The van der Waals surface area contributed by atoms with Crippen LogP contribution in [-0.4, -0.2) is 54.3 Å². The van der Waals surface area contributed by atoms with E-state index in [0.717, 1.165) is 36.0 Å². The lowest BCUT2D eigenvalue weighted by molar-refractivity contribution is 0.184. The van der Waals surface area contributed by atoms with Gasteiger partial charge in [0.25, 0.3) is 0 Å². The van der Waals surface area contributed by atoms with Gasteiger partial charge in [0.2, 0.25) is 0 Å². The Balaban J connectivity index is 1.72. The van der Waals surface area contributed by atoms with Crippen LogP contribution >= 0.6 is 15.9 Å². The average molecular weight is 378 g/mol. The largest absolute Gasteiger partial charge is 0.396 e. The molecule has 0 radical (unpaired) electrons. The molecule has 3 rings (SSSR count). The predicted octanol–water partition coefficient (Wildman–Crippen LogP) is 3.28. The monoisotopic (exact) mass is 377 g/mol. The third kappa shape index (κ3) is 3.67. The summed E-state index contributed by atoms with van der Waals surface area (Å²) in [6, 6.07) is 9.03. The van der Waals surface area contributed by atoms with Gasteiger partial charge in [-0.3, -0.25) is 4.98 Å². The van der Waals surface area contributed by atoms with E-state index < -0.39 is 0 Å². The van der Waals surface area contributed by atoms with E-state index in [-0.39, 0.29) is 6.61 Å². The van der Waals surface area contributed by atoms with Gasteiger partial charge in [-0.25, -0.2) is 0 Å². The molecular formula is C18H24BrN3O. The maximum absolute atomic E-state index is 8.98. The molecular weight excluding hydrogens is 354 g/mol. The fourth-order valence-corrected chi connectivity index (χ4v) is 3.92. The van der Waals surface area contributed by atoms with E-state index in [1.165, 1.54) is 23.9 Å². The summed E-state index contributed by atoms with van der Waals surface area (Å²) in [6.07, 6.45) is 5.10. The number of benzene rings is 1. The first kappa shape index (κ1) is 16.7. The zero-order valence-corrected chi connectivity index (χ0v) is 15.2. The number of piperidine rings is 1. The van der Waals surface area contributed by atoms with E-state index in [4.69, 9.17) is 5.11 Å². The summed E-state index contributed by atoms with van der Waals surface area (Å²) in [7, 11) is 2.18. The SMILES string of the molecule is CN(CCCO)C1CCN(c2ccnc3c(Br)cccc23)CC1. The molecule has 1 aromatic heterocycles. The van der Waals surface area contributed by atoms with Crippen molar-refractivity contribution in [3.05, 3.63) is 34.9 Å². The highest BCUT2D eigenvalue weighted by Gasteiger charge is 2.23. The van der Waals surface area contributed by atoms with Gasteiger partial charge >= 0.3 is 0 Å². The number of fused-ring (bicyclic) bond motifs is 1. The van der Waals surface area contributed by atoms with Crippen molar-refractivity contribution in [1.82, 2.24) is 9.88 Å². The van der Waals surface area contributed by atoms with Crippen LogP contribution in [0.4, 0.5) is 5.69 Å². The number of hydrogen-bond donors (Lipinski definition) is 1. The van der Waals surface area contributed by atoms with Gasteiger partial charge in [-0.15, -0.1) is 0 Å². The molecule has 1 aromatic carbocycles. The molecule has 4 nitrogen and oxygen atoms in total. The zero-order valence-electron chi connectivity index (χ0n) is 13.6. The van der Waals surface area contributed by atoms with Crippen molar-refractivity contribution in [2.24, 2.45) is 0 Å². The smallest absolute Gasteiger partial charge is 0.0864 e. The Kier molecular flexibility index (Phi) is 5.51. The molecule has 1 saturated heterocycles. The highest BCUT2D eigenvalue weighted by molar-refractivity contribution is 9.10. The fourth-order valence-electron chi connectivity index (χ4n) is 3.45. The van der Waals surface area contributed by atoms with Crippen molar-refractivity contribution < 1.29 is 5.11 Å². The number of aromatic nitrogens is 1. The third-order valence-electron chi connectivity index (χ3n) is 4.80. The number of aliphatic hydroxyl groups is 1. The summed E-state index contributed by atoms with van der Waals surface area (Å²) >= 11 is 3.60. The number of anilines is 1. The molecule has 0 unspecified atom stereocenters. The van der Waals surface area contributed by atoms with Gasteiger partial charge in [-0.1, -0.05) is 12.1 Å². The van der Waals surface area contributed by atoms with E-state index >= 15 is 0 Å². The molecule has 0 spiro atoms. The average Bonchev–Trinajstić information content (AvgIpc) is 2.60. The molecule has 1 aliphatic heterocycles. The molecule has 0 aliphatic carbocycles. The summed E-state index contributed by atoms with van der Waals surface area (Å²) in [5, 5.41) is 10.2. The van der Waals surface area contributed by atoms with Gasteiger partial charge in [0.1, 0.15) is 0 Å². The number of para-hydroxylation sites is 1. The van der Waals surface area contributed by atoms with Crippen molar-refractivity contribution in [2.75, 3.05) is 38.2 Å². The topological polar surface area (TPSA) is 39.6 Å². The van der Waals surface area contributed by atoms with Crippen LogP contribution in [0.5, 0.6) is 0 Å². The van der Waals surface area contributed by atoms with Crippen molar-refractivity contribution in [3.8, 4) is 0 Å². The van der Waals surface area contributed by atoms with Crippen molar-refractivity contribution in [1.29, 1.82) is 0 Å². The third-order valence-corrected chi connectivity index (χ3v) is 5.44. The second-order valence-electron chi connectivity index (χ2n) is 6.24. The first-order valence-corrected chi connectivity index (χ1v) is 9.09. The Labute approximate surface area is 146 Å². The van der Waals surface area contributed by atoms with Gasteiger partial charge in [0.15, 0.2) is 0 Å². The van der Waals surface area contributed by atoms with Crippen molar-refractivity contribution >= 4 is 32.5 Å². The molecule has 0 bridgehead atoms. The summed E-state index contributed by atoms with van der Waals surface area (Å²) < 4.78 is 1.05. The molecule has 5 heteroatoms. The Morgan fingerprint density at radius 1 is 1.30 bits per heavy atom. The standard InChI is InChI=1S/C18H24BrN3O/c1-21(10-3-13-23)14-7-11-22(12-8-14)17-6-9-20-18-15(17)4-2-5-16(18)19/h2,4-6,9,14,23H,3,7-8,10-13H2,1H3. The van der Waals surface area contributed by atoms with E-state index in [1.54, 1.807) is 0 Å². The minimum absolute atomic E-state index is 0.279. The Bertz CT molecular complexity index is 656. The molecule has 0 amide bonds. The van der Waals surface area contributed by atoms with E-state index in [9.17, 15) is 0 Å². The summed E-state index contributed by atoms with van der Waals surface area (Å²) in [5.74, 6) is 0. The fraction of sp³-hybridized carbons (Fsp3) is 0.500. The first-order valence-electron chi connectivity index (χ1n) is 8.30. The minimum Gasteiger partial charge on any atom is -0.396 e. The maximum Gasteiger partial charge on any atom is 0.0864 e. The molecule has 0 atom stereocenters. The highest BCUT2D eigenvalue weighted by Crippen LogP contribution is 2.31. The van der Waals surface area contributed by atoms with E-state index in [1.807, 2.05) is 12.3 Å². The highest BCUT2D eigenvalue weighted by atomic mass is 79.9. The number of halogens is 1. The van der Waals surface area contributed by atoms with Crippen LogP contribution in [0.25, 0.3) is 10.9 Å². The quantitative estimate of drug-likeness (QED) is 0.867.